The molecule has 1 aromatic rings. The van der Waals surface area contributed by atoms with E-state index >= 15 is 0 Å². The summed E-state index contributed by atoms with van der Waals surface area (Å²) in [4.78, 5) is 18.4. The number of piperidine rings is 1. The second-order valence-electron chi connectivity index (χ2n) is 9.22. The number of carbonyl (C=O) groups excluding carboxylic acids is 1. The first kappa shape index (κ1) is 20.9. The summed E-state index contributed by atoms with van der Waals surface area (Å²) < 4.78 is 28.6. The molecule has 1 aromatic heterocycles. The van der Waals surface area contributed by atoms with Crippen LogP contribution in [0.15, 0.2) is 22.7 Å². The Morgan fingerprint density at radius 2 is 1.93 bits per heavy atom. The van der Waals surface area contributed by atoms with E-state index in [1.165, 1.54) is 0 Å². The zero-order valence-electron chi connectivity index (χ0n) is 17.4. The number of amides is 1. The van der Waals surface area contributed by atoms with Crippen LogP contribution in [0.25, 0.3) is 0 Å². The van der Waals surface area contributed by atoms with Crippen molar-refractivity contribution in [1.82, 2.24) is 9.88 Å². The lowest BCUT2D eigenvalue weighted by Crippen LogP contribution is -2.53. The third kappa shape index (κ3) is 4.27. The molecule has 1 saturated heterocycles. The zero-order chi connectivity index (χ0) is 20.7. The Balaban J connectivity index is 1.85. The topological polar surface area (TPSA) is 87.1 Å². The minimum Gasteiger partial charge on any atom is -0.591 e. The predicted octanol–water partition coefficient (Wildman–Crippen LogP) is 3.50. The molecule has 0 aliphatic carbocycles. The Bertz CT molecular complexity index is 774. The van der Waals surface area contributed by atoms with Gasteiger partial charge in [0.25, 0.3) is 0 Å². The summed E-state index contributed by atoms with van der Waals surface area (Å²) in [6.07, 6.45) is 2.44. The highest BCUT2D eigenvalue weighted by atomic mass is 32.2. The summed E-state index contributed by atoms with van der Waals surface area (Å²) in [5.41, 5.74) is 0.210. The minimum atomic E-state index is -1.42. The molecule has 0 radical (unpaired) electrons. The molecular weight excluding hydrogens is 378 g/mol. The van der Waals surface area contributed by atoms with Crippen molar-refractivity contribution >= 4 is 23.2 Å². The number of aromatic nitrogens is 1. The van der Waals surface area contributed by atoms with Crippen LogP contribution in [0.5, 0.6) is 5.88 Å². The van der Waals surface area contributed by atoms with Crippen LogP contribution in [0.2, 0.25) is 0 Å². The van der Waals surface area contributed by atoms with E-state index < -0.39 is 27.3 Å². The minimum absolute atomic E-state index is 0.326. The van der Waals surface area contributed by atoms with Crippen molar-refractivity contribution < 1.29 is 18.8 Å². The van der Waals surface area contributed by atoms with Crippen molar-refractivity contribution in [3.8, 4) is 5.88 Å². The molecule has 8 heteroatoms. The number of hydrogen-bond donors (Lipinski definition) is 0. The van der Waals surface area contributed by atoms with Crippen molar-refractivity contribution in [1.29, 1.82) is 0 Å². The number of ether oxygens (including phenoxy) is 2. The Kier molecular flexibility index (Phi) is 5.40. The first-order chi connectivity index (χ1) is 12.9. The van der Waals surface area contributed by atoms with E-state index in [2.05, 4.69) is 9.38 Å². The molecule has 28 heavy (non-hydrogen) atoms. The van der Waals surface area contributed by atoms with Crippen LogP contribution in [0.3, 0.4) is 0 Å². The van der Waals surface area contributed by atoms with E-state index in [4.69, 9.17) is 9.47 Å². The van der Waals surface area contributed by atoms with E-state index in [1.54, 1.807) is 11.1 Å². The Hall–Kier alpha value is -1.80. The summed E-state index contributed by atoms with van der Waals surface area (Å²) >= 11 is -1.42. The molecule has 2 aliphatic rings. The lowest BCUT2D eigenvalue weighted by Gasteiger charge is -2.38. The quantitative estimate of drug-likeness (QED) is 0.665. The lowest BCUT2D eigenvalue weighted by molar-refractivity contribution is 0.00548. The Labute approximate surface area is 169 Å². The molecule has 3 rings (SSSR count). The molecule has 0 bridgehead atoms. The van der Waals surface area contributed by atoms with Crippen molar-refractivity contribution in [3.05, 3.63) is 23.9 Å². The van der Waals surface area contributed by atoms with Crippen LogP contribution in [0.4, 0.5) is 4.79 Å². The fourth-order valence-electron chi connectivity index (χ4n) is 3.20. The number of fused-ring (bicyclic) bond motifs is 1. The molecule has 0 saturated carbocycles. The van der Waals surface area contributed by atoms with Crippen molar-refractivity contribution in [2.45, 2.75) is 70.3 Å². The van der Waals surface area contributed by atoms with Gasteiger partial charge in [0.05, 0.1) is 5.56 Å². The van der Waals surface area contributed by atoms with E-state index in [1.807, 2.05) is 53.7 Å². The highest BCUT2D eigenvalue weighted by molar-refractivity contribution is 7.91. The zero-order valence-corrected chi connectivity index (χ0v) is 18.3. The van der Waals surface area contributed by atoms with Gasteiger partial charge in [-0.3, -0.25) is 0 Å². The number of pyridine rings is 1. The average molecular weight is 408 g/mol. The highest BCUT2D eigenvalue weighted by Gasteiger charge is 2.51. The van der Waals surface area contributed by atoms with Crippen molar-refractivity contribution in [2.75, 3.05) is 13.1 Å². The highest BCUT2D eigenvalue weighted by Crippen LogP contribution is 2.41. The maximum atomic E-state index is 12.7. The first-order valence-corrected chi connectivity index (χ1v) is 10.7. The average Bonchev–Trinajstić information content (AvgIpc) is 2.86. The van der Waals surface area contributed by atoms with Crippen molar-refractivity contribution in [2.24, 2.45) is 4.40 Å². The lowest BCUT2D eigenvalue weighted by atomic mass is 9.85. The molecule has 0 N–H and O–H groups in total. The molecule has 2 aliphatic heterocycles. The van der Waals surface area contributed by atoms with Gasteiger partial charge in [0.15, 0.2) is 5.60 Å². The summed E-state index contributed by atoms with van der Waals surface area (Å²) in [7, 11) is 0. The summed E-state index contributed by atoms with van der Waals surface area (Å²) in [6, 6.07) is 3.72. The van der Waals surface area contributed by atoms with Crippen LogP contribution in [-0.4, -0.2) is 55.3 Å². The van der Waals surface area contributed by atoms with Gasteiger partial charge in [-0.1, -0.05) is 4.40 Å². The van der Waals surface area contributed by atoms with Crippen LogP contribution >= 0.6 is 0 Å². The third-order valence-corrected chi connectivity index (χ3v) is 6.07. The van der Waals surface area contributed by atoms with Crippen LogP contribution < -0.4 is 4.74 Å². The largest absolute Gasteiger partial charge is 0.591 e. The van der Waals surface area contributed by atoms with Gasteiger partial charge in [-0.25, -0.2) is 9.78 Å². The number of likely N-dealkylation sites (tertiary alicyclic amines) is 1. The standard InChI is InChI=1S/C20H29N3O4S/c1-18(2,3)27-17(24)23-12-9-20(10-13-23)15(22-28(25)19(4,5)6)14-8-7-11-21-16(14)26-20/h7-8,11H,9-10,12-13H2,1-6H3/b22-15+/t28-/m1/s1. The number of nitrogens with zero attached hydrogens (tertiary/aromatic N) is 3. The summed E-state index contributed by atoms with van der Waals surface area (Å²) in [5, 5.41) is 0. The van der Waals surface area contributed by atoms with Crippen LogP contribution in [-0.2, 0) is 16.1 Å². The van der Waals surface area contributed by atoms with E-state index in [-0.39, 0.29) is 6.09 Å². The molecule has 1 fully saturated rings. The molecule has 1 spiro atoms. The molecule has 0 aromatic carbocycles. The number of rotatable bonds is 1. The fourth-order valence-corrected chi connectivity index (χ4v) is 3.90. The molecule has 1 atom stereocenters. The van der Waals surface area contributed by atoms with Crippen molar-refractivity contribution in [3.63, 3.8) is 0 Å². The number of hydrogen-bond acceptors (Lipinski definition) is 6. The Morgan fingerprint density at radius 3 is 2.50 bits per heavy atom. The normalized spacial score (nSPS) is 21.4. The maximum Gasteiger partial charge on any atom is 0.410 e. The molecule has 0 unspecified atom stereocenters. The SMILES string of the molecule is CC(C)(C)OC(=O)N1CCC2(CC1)Oc1ncccc1/C2=N\[S@+]([O-])C(C)(C)C. The van der Waals surface area contributed by atoms with E-state index in [9.17, 15) is 9.35 Å². The number of carbonyl (C=O) groups is 1. The molecule has 3 heterocycles. The van der Waals surface area contributed by atoms with E-state index in [0.717, 1.165) is 5.56 Å². The van der Waals surface area contributed by atoms with E-state index in [0.29, 0.717) is 37.5 Å². The van der Waals surface area contributed by atoms with Crippen LogP contribution in [0, 0.1) is 0 Å². The molecule has 7 nitrogen and oxygen atoms in total. The first-order valence-electron chi connectivity index (χ1n) is 9.55. The molecule has 154 valence electrons. The second kappa shape index (κ2) is 7.22. The summed E-state index contributed by atoms with van der Waals surface area (Å²) in [5.74, 6) is 0.512. The molecule has 1 amide bonds. The van der Waals surface area contributed by atoms with Crippen LogP contribution in [0.1, 0.15) is 59.9 Å². The van der Waals surface area contributed by atoms with Gasteiger partial charge < -0.3 is 18.9 Å². The van der Waals surface area contributed by atoms with Gasteiger partial charge in [0.1, 0.15) is 27.4 Å². The fraction of sp³-hybridized carbons (Fsp3) is 0.650. The smallest absolute Gasteiger partial charge is 0.410 e. The molecular formula is C20H29N3O4S. The third-order valence-electron chi connectivity index (χ3n) is 4.67. The van der Waals surface area contributed by atoms with Gasteiger partial charge in [0.2, 0.25) is 5.88 Å². The van der Waals surface area contributed by atoms with Gasteiger partial charge in [-0.05, 0) is 53.7 Å². The monoisotopic (exact) mass is 407 g/mol. The summed E-state index contributed by atoms with van der Waals surface area (Å²) in [6.45, 7) is 12.2. The Morgan fingerprint density at radius 1 is 1.29 bits per heavy atom. The maximum absolute atomic E-state index is 12.7. The van der Waals surface area contributed by atoms with Gasteiger partial charge in [0, 0.05) is 32.1 Å². The van der Waals surface area contributed by atoms with Gasteiger partial charge >= 0.3 is 6.09 Å². The second-order valence-corrected chi connectivity index (χ2v) is 11.1. The van der Waals surface area contributed by atoms with Gasteiger partial charge in [-0.2, -0.15) is 0 Å². The van der Waals surface area contributed by atoms with Gasteiger partial charge in [-0.15, -0.1) is 0 Å². The predicted molar refractivity (Wildman–Crippen MR) is 109 cm³/mol.